The van der Waals surface area contributed by atoms with Crippen LogP contribution in [0.25, 0.3) is 0 Å². The summed E-state index contributed by atoms with van der Waals surface area (Å²) in [7, 11) is 0. The zero-order valence-corrected chi connectivity index (χ0v) is 13.0. The Hall–Kier alpha value is -1.58. The largest absolute Gasteiger partial charge is 0.452 e. The van der Waals surface area contributed by atoms with Gasteiger partial charge in [-0.2, -0.15) is 0 Å². The molecule has 2 nitrogen and oxygen atoms in total. The highest BCUT2D eigenvalue weighted by Crippen LogP contribution is 2.33. The molecule has 0 aliphatic carbocycles. The van der Waals surface area contributed by atoms with E-state index in [1.807, 2.05) is 19.1 Å². The van der Waals surface area contributed by atoms with E-state index in [1.165, 1.54) is 6.07 Å². The van der Waals surface area contributed by atoms with Gasteiger partial charge >= 0.3 is 0 Å². The lowest BCUT2D eigenvalue weighted by atomic mass is 10.2. The van der Waals surface area contributed by atoms with Gasteiger partial charge < -0.3 is 10.1 Å². The third-order valence-corrected chi connectivity index (χ3v) is 3.40. The van der Waals surface area contributed by atoms with Gasteiger partial charge in [0.15, 0.2) is 11.6 Å². The maximum Gasteiger partial charge on any atom is 0.167 e. The lowest BCUT2D eigenvalue weighted by molar-refractivity contribution is 0.433. The van der Waals surface area contributed by atoms with Crippen LogP contribution in [0.5, 0.6) is 11.5 Å². The van der Waals surface area contributed by atoms with Crippen molar-refractivity contribution < 1.29 is 9.13 Å². The minimum absolute atomic E-state index is 0.230. The average Bonchev–Trinajstić information content (AvgIpc) is 2.46. The summed E-state index contributed by atoms with van der Waals surface area (Å²) in [5, 5.41) is 3.72. The Kier molecular flexibility index (Phi) is 5.59. The van der Waals surface area contributed by atoms with Gasteiger partial charge in [0.05, 0.1) is 5.02 Å². The van der Waals surface area contributed by atoms with Crippen LogP contribution in [-0.2, 0) is 6.54 Å². The molecule has 0 unspecified atom stereocenters. The molecule has 2 aromatic rings. The Bertz CT molecular complexity index is 616. The average molecular weight is 308 g/mol. The quantitative estimate of drug-likeness (QED) is 0.751. The SMILES string of the molecule is CCCNCc1cccc(F)c1Oc1cc(C)ccc1Cl. The Labute approximate surface area is 129 Å². The Morgan fingerprint density at radius 3 is 2.81 bits per heavy atom. The van der Waals surface area contributed by atoms with E-state index in [0.29, 0.717) is 17.3 Å². The first-order chi connectivity index (χ1) is 10.1. The van der Waals surface area contributed by atoms with Crippen LogP contribution in [-0.4, -0.2) is 6.54 Å². The van der Waals surface area contributed by atoms with E-state index in [1.54, 1.807) is 18.2 Å². The number of aryl methyl sites for hydroxylation is 1. The molecule has 0 radical (unpaired) electrons. The number of halogens is 2. The van der Waals surface area contributed by atoms with Crippen LogP contribution in [0.4, 0.5) is 4.39 Å². The molecule has 112 valence electrons. The second kappa shape index (κ2) is 7.43. The third kappa shape index (κ3) is 4.19. The summed E-state index contributed by atoms with van der Waals surface area (Å²) in [4.78, 5) is 0. The number of benzene rings is 2. The van der Waals surface area contributed by atoms with E-state index >= 15 is 0 Å². The first-order valence-electron chi connectivity index (χ1n) is 7.04. The van der Waals surface area contributed by atoms with Gasteiger partial charge in [-0.25, -0.2) is 4.39 Å². The van der Waals surface area contributed by atoms with E-state index in [0.717, 1.165) is 24.1 Å². The fourth-order valence-corrected chi connectivity index (χ4v) is 2.16. The van der Waals surface area contributed by atoms with Gasteiger partial charge in [-0.15, -0.1) is 0 Å². The molecule has 0 atom stereocenters. The third-order valence-electron chi connectivity index (χ3n) is 3.09. The van der Waals surface area contributed by atoms with Crippen LogP contribution in [0.3, 0.4) is 0 Å². The van der Waals surface area contributed by atoms with Crippen molar-refractivity contribution in [2.24, 2.45) is 0 Å². The smallest absolute Gasteiger partial charge is 0.167 e. The molecular weight excluding hydrogens is 289 g/mol. The molecule has 0 fully saturated rings. The highest BCUT2D eigenvalue weighted by Gasteiger charge is 2.12. The number of hydrogen-bond donors (Lipinski definition) is 1. The predicted molar refractivity (Wildman–Crippen MR) is 84.7 cm³/mol. The van der Waals surface area contributed by atoms with Crippen molar-refractivity contribution >= 4 is 11.6 Å². The van der Waals surface area contributed by atoms with Gasteiger partial charge in [-0.05, 0) is 43.7 Å². The van der Waals surface area contributed by atoms with Gasteiger partial charge in [-0.3, -0.25) is 0 Å². The Morgan fingerprint density at radius 2 is 2.05 bits per heavy atom. The van der Waals surface area contributed by atoms with Crippen molar-refractivity contribution in [1.29, 1.82) is 0 Å². The second-order valence-electron chi connectivity index (χ2n) is 4.94. The maximum absolute atomic E-state index is 14.1. The summed E-state index contributed by atoms with van der Waals surface area (Å²) in [6, 6.07) is 10.4. The maximum atomic E-state index is 14.1. The van der Waals surface area contributed by atoms with E-state index < -0.39 is 0 Å². The van der Waals surface area contributed by atoms with Crippen LogP contribution in [0.15, 0.2) is 36.4 Å². The monoisotopic (exact) mass is 307 g/mol. The molecule has 2 aromatic carbocycles. The fraction of sp³-hybridized carbons (Fsp3) is 0.294. The van der Waals surface area contributed by atoms with Crippen molar-refractivity contribution in [3.8, 4) is 11.5 Å². The molecule has 0 aromatic heterocycles. The molecule has 0 spiro atoms. The highest BCUT2D eigenvalue weighted by atomic mass is 35.5. The number of para-hydroxylation sites is 1. The second-order valence-corrected chi connectivity index (χ2v) is 5.35. The van der Waals surface area contributed by atoms with Gasteiger partial charge in [0, 0.05) is 12.1 Å². The molecular formula is C17H19ClFNO. The van der Waals surface area contributed by atoms with Crippen molar-refractivity contribution in [2.75, 3.05) is 6.54 Å². The normalized spacial score (nSPS) is 10.7. The molecule has 0 saturated heterocycles. The summed E-state index contributed by atoms with van der Waals surface area (Å²) in [5.74, 6) is 0.315. The van der Waals surface area contributed by atoms with Gasteiger partial charge in [0.1, 0.15) is 5.75 Å². The first-order valence-corrected chi connectivity index (χ1v) is 7.41. The number of rotatable bonds is 6. The molecule has 21 heavy (non-hydrogen) atoms. The molecule has 2 rings (SSSR count). The van der Waals surface area contributed by atoms with Crippen LogP contribution in [0.1, 0.15) is 24.5 Å². The lowest BCUT2D eigenvalue weighted by Gasteiger charge is -2.14. The van der Waals surface area contributed by atoms with E-state index in [4.69, 9.17) is 16.3 Å². The highest BCUT2D eigenvalue weighted by molar-refractivity contribution is 6.32. The summed E-state index contributed by atoms with van der Waals surface area (Å²) >= 11 is 6.11. The number of ether oxygens (including phenoxy) is 1. The van der Waals surface area contributed by atoms with Crippen molar-refractivity contribution in [3.05, 3.63) is 58.4 Å². The zero-order valence-electron chi connectivity index (χ0n) is 12.2. The number of hydrogen-bond acceptors (Lipinski definition) is 2. The zero-order chi connectivity index (χ0) is 15.2. The van der Waals surface area contributed by atoms with Crippen LogP contribution < -0.4 is 10.1 Å². The first kappa shape index (κ1) is 15.8. The van der Waals surface area contributed by atoms with Crippen LogP contribution >= 0.6 is 11.6 Å². The minimum atomic E-state index is -0.386. The van der Waals surface area contributed by atoms with Crippen LogP contribution in [0.2, 0.25) is 5.02 Å². The standard InChI is InChI=1S/C17H19ClFNO/c1-3-9-20-11-13-5-4-6-15(19)17(13)21-16-10-12(2)7-8-14(16)18/h4-8,10,20H,3,9,11H2,1-2H3. The summed E-state index contributed by atoms with van der Waals surface area (Å²) in [6.45, 7) is 5.46. The molecule has 1 N–H and O–H groups in total. The van der Waals surface area contributed by atoms with Gasteiger partial charge in [0.2, 0.25) is 0 Å². The van der Waals surface area contributed by atoms with Crippen molar-refractivity contribution in [1.82, 2.24) is 5.32 Å². The molecule has 4 heteroatoms. The molecule has 0 saturated carbocycles. The minimum Gasteiger partial charge on any atom is -0.452 e. The summed E-state index contributed by atoms with van der Waals surface area (Å²) in [6.07, 6.45) is 1.02. The summed E-state index contributed by atoms with van der Waals surface area (Å²) < 4.78 is 19.8. The fourth-order valence-electron chi connectivity index (χ4n) is 2.01. The summed E-state index contributed by atoms with van der Waals surface area (Å²) in [5.41, 5.74) is 1.79. The van der Waals surface area contributed by atoms with E-state index in [2.05, 4.69) is 12.2 Å². The van der Waals surface area contributed by atoms with E-state index in [9.17, 15) is 4.39 Å². The number of nitrogens with one attached hydrogen (secondary N) is 1. The molecule has 0 bridgehead atoms. The van der Waals surface area contributed by atoms with Gasteiger partial charge in [0.25, 0.3) is 0 Å². The Balaban J connectivity index is 2.27. The Morgan fingerprint density at radius 1 is 1.24 bits per heavy atom. The molecule has 0 aliphatic heterocycles. The van der Waals surface area contributed by atoms with Crippen molar-refractivity contribution in [3.63, 3.8) is 0 Å². The van der Waals surface area contributed by atoms with Gasteiger partial charge in [-0.1, -0.05) is 36.7 Å². The lowest BCUT2D eigenvalue weighted by Crippen LogP contribution is -2.14. The van der Waals surface area contributed by atoms with Crippen LogP contribution in [0, 0.1) is 12.7 Å². The topological polar surface area (TPSA) is 21.3 Å². The molecule has 0 aliphatic rings. The van der Waals surface area contributed by atoms with Crippen molar-refractivity contribution in [2.45, 2.75) is 26.8 Å². The molecule has 0 heterocycles. The predicted octanol–water partition coefficient (Wildman–Crippen LogP) is 5.08. The van der Waals surface area contributed by atoms with E-state index in [-0.39, 0.29) is 11.6 Å². The molecule has 0 amide bonds.